The van der Waals surface area contributed by atoms with Gasteiger partial charge in [0.1, 0.15) is 13.2 Å². The number of rotatable bonds is 43. The van der Waals surface area contributed by atoms with Crippen LogP contribution >= 0.6 is 0 Å². The zero-order valence-corrected chi connectivity index (χ0v) is 38.5. The van der Waals surface area contributed by atoms with Crippen LogP contribution in [0.25, 0.3) is 0 Å². The van der Waals surface area contributed by atoms with Crippen molar-refractivity contribution in [2.24, 2.45) is 0 Å². The van der Waals surface area contributed by atoms with E-state index in [1.807, 2.05) is 0 Å². The largest absolute Gasteiger partial charge is 0.462 e. The third-order valence-corrected chi connectivity index (χ3v) is 10.2. The van der Waals surface area contributed by atoms with Gasteiger partial charge in [0.15, 0.2) is 6.10 Å². The van der Waals surface area contributed by atoms with Gasteiger partial charge in [-0.2, -0.15) is 0 Å². The Morgan fingerprint density at radius 2 is 0.678 bits per heavy atom. The molecule has 0 aliphatic heterocycles. The lowest BCUT2D eigenvalue weighted by molar-refractivity contribution is -0.167. The molecule has 59 heavy (non-hydrogen) atoms. The first kappa shape index (κ1) is 55.9. The summed E-state index contributed by atoms with van der Waals surface area (Å²) in [5.41, 5.74) is 0. The van der Waals surface area contributed by atoms with Crippen LogP contribution in [0.4, 0.5) is 0 Å². The molecule has 0 heterocycles. The Balaban J connectivity index is 4.37. The molecule has 0 fully saturated rings. The number of hydrogen-bond donors (Lipinski definition) is 0. The third kappa shape index (κ3) is 45.8. The van der Waals surface area contributed by atoms with Crippen LogP contribution in [0.2, 0.25) is 0 Å². The van der Waals surface area contributed by atoms with E-state index in [0.717, 1.165) is 122 Å². The van der Waals surface area contributed by atoms with Crippen molar-refractivity contribution in [2.75, 3.05) is 13.2 Å². The number of carbonyl (C=O) groups is 3. The zero-order valence-electron chi connectivity index (χ0n) is 38.5. The second kappa shape index (κ2) is 47.5. The normalized spacial score (nSPS) is 12.7. The fourth-order valence-electron chi connectivity index (χ4n) is 6.47. The Morgan fingerprint density at radius 1 is 0.356 bits per heavy atom. The number of carbonyl (C=O) groups excluding carboxylic acids is 3. The number of hydrogen-bond acceptors (Lipinski definition) is 6. The fourth-order valence-corrected chi connectivity index (χ4v) is 6.47. The second-order valence-corrected chi connectivity index (χ2v) is 16.0. The Labute approximate surface area is 363 Å². The van der Waals surface area contributed by atoms with Crippen molar-refractivity contribution in [3.63, 3.8) is 0 Å². The summed E-state index contributed by atoms with van der Waals surface area (Å²) in [6.07, 6.45) is 58.8. The minimum atomic E-state index is -0.788. The molecule has 0 spiro atoms. The highest BCUT2D eigenvalue weighted by atomic mass is 16.6. The molecular weight excluding hydrogens is 733 g/mol. The van der Waals surface area contributed by atoms with Gasteiger partial charge >= 0.3 is 17.9 Å². The molecule has 0 saturated heterocycles. The molecule has 0 rings (SSSR count). The Hall–Kier alpha value is -3.15. The van der Waals surface area contributed by atoms with E-state index < -0.39 is 6.10 Å². The molecule has 6 heteroatoms. The summed E-state index contributed by atoms with van der Waals surface area (Å²) < 4.78 is 16.7. The molecule has 0 bridgehead atoms. The summed E-state index contributed by atoms with van der Waals surface area (Å²) in [6.45, 7) is 6.42. The fraction of sp³-hybridized carbons (Fsp3) is 0.717. The van der Waals surface area contributed by atoms with E-state index >= 15 is 0 Å². The first-order valence-electron chi connectivity index (χ1n) is 24.4. The first-order chi connectivity index (χ1) is 29.0. The highest BCUT2D eigenvalue weighted by molar-refractivity contribution is 5.71. The van der Waals surface area contributed by atoms with E-state index in [-0.39, 0.29) is 31.1 Å². The summed E-state index contributed by atoms with van der Waals surface area (Å²) in [5.74, 6) is -0.929. The minimum Gasteiger partial charge on any atom is -0.462 e. The lowest BCUT2D eigenvalue weighted by Crippen LogP contribution is -2.30. The van der Waals surface area contributed by atoms with E-state index in [4.69, 9.17) is 14.2 Å². The Morgan fingerprint density at radius 3 is 1.10 bits per heavy atom. The summed E-state index contributed by atoms with van der Waals surface area (Å²) >= 11 is 0. The summed E-state index contributed by atoms with van der Waals surface area (Å²) in [4.78, 5) is 37.8. The van der Waals surface area contributed by atoms with Crippen LogP contribution < -0.4 is 0 Å². The van der Waals surface area contributed by atoms with E-state index in [2.05, 4.69) is 93.7 Å². The topological polar surface area (TPSA) is 78.9 Å². The van der Waals surface area contributed by atoms with Gasteiger partial charge in [0, 0.05) is 19.3 Å². The molecule has 1 atom stereocenters. The van der Waals surface area contributed by atoms with Crippen LogP contribution in [-0.2, 0) is 28.6 Å². The Bertz CT molecular complexity index is 1130. The van der Waals surface area contributed by atoms with Crippen LogP contribution in [-0.4, -0.2) is 37.2 Å². The number of esters is 3. The zero-order chi connectivity index (χ0) is 43.0. The molecule has 0 aliphatic rings. The lowest BCUT2D eigenvalue weighted by atomic mass is 10.1. The standard InChI is InChI=1S/C53H90O6/c1-4-7-10-13-16-19-22-24-25-26-27-28-29-30-32-34-37-40-43-46-52(55)58-49-50(48-57-51(54)45-42-39-36-33-21-18-15-12-9-6-3)59-53(56)47-44-41-38-35-31-23-20-17-14-11-8-5-2/h7,10,15-20,24-25,27-28,50H,4-6,8-9,11-14,21-23,26,29-49H2,1-3H3/b10-7-,18-15-,19-16-,20-17-,25-24-,28-27-. The number of ether oxygens (including phenoxy) is 3. The monoisotopic (exact) mass is 823 g/mol. The Kier molecular flexibility index (Phi) is 45.0. The van der Waals surface area contributed by atoms with Crippen molar-refractivity contribution in [3.05, 3.63) is 72.9 Å². The van der Waals surface area contributed by atoms with Gasteiger partial charge < -0.3 is 14.2 Å². The average Bonchev–Trinajstić information content (AvgIpc) is 3.23. The molecule has 0 N–H and O–H groups in total. The molecule has 6 nitrogen and oxygen atoms in total. The first-order valence-corrected chi connectivity index (χ1v) is 24.4. The van der Waals surface area contributed by atoms with Gasteiger partial charge in [0.25, 0.3) is 0 Å². The molecule has 0 radical (unpaired) electrons. The third-order valence-electron chi connectivity index (χ3n) is 10.2. The SMILES string of the molecule is CC/C=C\C/C=C\C/C=C\C/C=C\CCCCCCCCC(=O)OCC(COC(=O)CCCCCC/C=C\CCCC)OC(=O)CCCCCCC/C=C\CCCCC. The van der Waals surface area contributed by atoms with E-state index in [1.54, 1.807) is 0 Å². The predicted molar refractivity (Wildman–Crippen MR) is 251 cm³/mol. The van der Waals surface area contributed by atoms with Crippen molar-refractivity contribution < 1.29 is 28.6 Å². The predicted octanol–water partition coefficient (Wildman–Crippen LogP) is 15.9. The molecular formula is C53H90O6. The van der Waals surface area contributed by atoms with Crippen LogP contribution in [0.15, 0.2) is 72.9 Å². The minimum absolute atomic E-state index is 0.0900. The highest BCUT2D eigenvalue weighted by Crippen LogP contribution is 2.13. The van der Waals surface area contributed by atoms with Gasteiger partial charge in [-0.1, -0.05) is 177 Å². The van der Waals surface area contributed by atoms with Gasteiger partial charge in [0.05, 0.1) is 0 Å². The summed E-state index contributed by atoms with van der Waals surface area (Å²) in [6, 6.07) is 0. The van der Waals surface area contributed by atoms with Crippen molar-refractivity contribution in [2.45, 2.75) is 232 Å². The maximum absolute atomic E-state index is 12.7. The average molecular weight is 823 g/mol. The van der Waals surface area contributed by atoms with Gasteiger partial charge in [0.2, 0.25) is 0 Å². The van der Waals surface area contributed by atoms with Gasteiger partial charge in [-0.3, -0.25) is 14.4 Å². The van der Waals surface area contributed by atoms with Gasteiger partial charge in [-0.05, 0) is 103 Å². The quantitative estimate of drug-likeness (QED) is 0.0264. The molecule has 0 amide bonds. The molecule has 1 unspecified atom stereocenters. The maximum Gasteiger partial charge on any atom is 0.306 e. The smallest absolute Gasteiger partial charge is 0.306 e. The van der Waals surface area contributed by atoms with Gasteiger partial charge in [-0.15, -0.1) is 0 Å². The molecule has 0 aromatic rings. The highest BCUT2D eigenvalue weighted by Gasteiger charge is 2.19. The maximum atomic E-state index is 12.7. The van der Waals surface area contributed by atoms with E-state index in [9.17, 15) is 14.4 Å². The van der Waals surface area contributed by atoms with Crippen LogP contribution in [0, 0.1) is 0 Å². The lowest BCUT2D eigenvalue weighted by Gasteiger charge is -2.18. The van der Waals surface area contributed by atoms with E-state index in [1.165, 1.54) is 64.2 Å². The molecule has 0 aliphatic carbocycles. The number of unbranched alkanes of at least 4 members (excludes halogenated alkanes) is 20. The van der Waals surface area contributed by atoms with Crippen LogP contribution in [0.3, 0.4) is 0 Å². The molecule has 0 aromatic heterocycles. The van der Waals surface area contributed by atoms with E-state index in [0.29, 0.717) is 19.3 Å². The molecule has 338 valence electrons. The van der Waals surface area contributed by atoms with Crippen molar-refractivity contribution in [1.29, 1.82) is 0 Å². The second-order valence-electron chi connectivity index (χ2n) is 16.0. The van der Waals surface area contributed by atoms with Crippen LogP contribution in [0.1, 0.15) is 226 Å². The molecule has 0 aromatic carbocycles. The van der Waals surface area contributed by atoms with Crippen LogP contribution in [0.5, 0.6) is 0 Å². The van der Waals surface area contributed by atoms with Crippen molar-refractivity contribution >= 4 is 17.9 Å². The molecule has 0 saturated carbocycles. The van der Waals surface area contributed by atoms with Crippen molar-refractivity contribution in [3.8, 4) is 0 Å². The summed E-state index contributed by atoms with van der Waals surface area (Å²) in [7, 11) is 0. The van der Waals surface area contributed by atoms with Gasteiger partial charge in [-0.25, -0.2) is 0 Å². The summed E-state index contributed by atoms with van der Waals surface area (Å²) in [5, 5.41) is 0. The number of allylic oxidation sites excluding steroid dienone is 12. The van der Waals surface area contributed by atoms with Crippen molar-refractivity contribution in [1.82, 2.24) is 0 Å².